The van der Waals surface area contributed by atoms with E-state index in [0.717, 1.165) is 12.8 Å². The van der Waals surface area contributed by atoms with Gasteiger partial charge in [0.05, 0.1) is 0 Å². The first kappa shape index (κ1) is 17.2. The second-order valence-corrected chi connectivity index (χ2v) is 4.44. The maximum atomic E-state index is 11.1. The molecule has 0 rings (SSSR count). The number of carbonyl (C=O) groups is 1. The van der Waals surface area contributed by atoms with Gasteiger partial charge in [-0.15, -0.1) is 0 Å². The molecule has 3 heteroatoms. The van der Waals surface area contributed by atoms with Crippen LogP contribution in [-0.2, 0) is 14.3 Å². The van der Waals surface area contributed by atoms with Crippen molar-refractivity contribution in [3.63, 3.8) is 0 Å². The highest BCUT2D eigenvalue weighted by atomic mass is 16.7. The first-order valence-corrected chi connectivity index (χ1v) is 7.19. The lowest BCUT2D eigenvalue weighted by molar-refractivity contribution is -0.173. The van der Waals surface area contributed by atoms with Crippen LogP contribution in [0.1, 0.15) is 65.2 Å². The number of esters is 1. The first-order valence-electron chi connectivity index (χ1n) is 7.19. The minimum atomic E-state index is -0.406. The molecule has 1 unspecified atom stereocenters. The highest BCUT2D eigenvalue weighted by Crippen LogP contribution is 2.12. The summed E-state index contributed by atoms with van der Waals surface area (Å²) in [5.41, 5.74) is 0. The van der Waals surface area contributed by atoms with E-state index in [4.69, 9.17) is 9.47 Å². The molecule has 0 bridgehead atoms. The summed E-state index contributed by atoms with van der Waals surface area (Å²) in [6.45, 7) is 8.07. The van der Waals surface area contributed by atoms with E-state index in [2.05, 4.69) is 13.5 Å². The third-order valence-corrected chi connectivity index (χ3v) is 2.81. The van der Waals surface area contributed by atoms with Crippen LogP contribution in [0, 0.1) is 0 Å². The number of rotatable bonds is 12. The third kappa shape index (κ3) is 10.3. The minimum absolute atomic E-state index is 0.406. The molecular weight excluding hydrogens is 228 g/mol. The summed E-state index contributed by atoms with van der Waals surface area (Å²) in [5, 5.41) is 0. The fraction of sp³-hybridized carbons (Fsp3) is 0.800. The van der Waals surface area contributed by atoms with Crippen LogP contribution in [0.3, 0.4) is 0 Å². The Hall–Kier alpha value is -0.830. The van der Waals surface area contributed by atoms with Crippen LogP contribution in [0.2, 0.25) is 0 Å². The summed E-state index contributed by atoms with van der Waals surface area (Å²) in [6, 6.07) is 0. The predicted octanol–water partition coefficient (Wildman–Crippen LogP) is 4.22. The predicted molar refractivity (Wildman–Crippen MR) is 74.3 cm³/mol. The van der Waals surface area contributed by atoms with Gasteiger partial charge in [0.2, 0.25) is 6.29 Å². The van der Waals surface area contributed by atoms with Gasteiger partial charge in [0.25, 0.3) is 0 Å². The molecule has 18 heavy (non-hydrogen) atoms. The zero-order valence-corrected chi connectivity index (χ0v) is 12.0. The highest BCUT2D eigenvalue weighted by Gasteiger charge is 2.11. The Morgan fingerprint density at radius 3 is 2.28 bits per heavy atom. The molecular formula is C15H28O3. The Morgan fingerprint density at radius 1 is 1.11 bits per heavy atom. The van der Waals surface area contributed by atoms with Crippen molar-refractivity contribution in [1.29, 1.82) is 0 Å². The van der Waals surface area contributed by atoms with Gasteiger partial charge in [0, 0.05) is 19.1 Å². The topological polar surface area (TPSA) is 35.5 Å². The molecule has 0 fully saturated rings. The summed E-state index contributed by atoms with van der Waals surface area (Å²) in [4.78, 5) is 11.1. The van der Waals surface area contributed by atoms with Crippen LogP contribution in [0.25, 0.3) is 0 Å². The van der Waals surface area contributed by atoms with E-state index in [1.807, 2.05) is 6.92 Å². The summed E-state index contributed by atoms with van der Waals surface area (Å²) >= 11 is 0. The standard InChI is InChI=1S/C15H28O3/c1-4-7-8-9-10-11-12-13-15(17-6-3)18-14(16)5-2/h5,15H,2,4,6-13H2,1,3H3. The molecule has 1 atom stereocenters. The molecule has 0 aromatic rings. The fourth-order valence-corrected chi connectivity index (χ4v) is 1.81. The molecule has 0 amide bonds. The van der Waals surface area contributed by atoms with Gasteiger partial charge in [-0.05, 0) is 13.3 Å². The molecule has 0 aliphatic heterocycles. The Labute approximate surface area is 112 Å². The van der Waals surface area contributed by atoms with Crippen LogP contribution < -0.4 is 0 Å². The van der Waals surface area contributed by atoms with Crippen molar-refractivity contribution in [2.24, 2.45) is 0 Å². The average Bonchev–Trinajstić information content (AvgIpc) is 2.37. The molecule has 0 heterocycles. The second kappa shape index (κ2) is 12.6. The molecule has 3 nitrogen and oxygen atoms in total. The molecule has 0 aliphatic carbocycles. The van der Waals surface area contributed by atoms with Gasteiger partial charge in [-0.1, -0.05) is 52.0 Å². The largest absolute Gasteiger partial charge is 0.433 e. The first-order chi connectivity index (χ1) is 8.74. The van der Waals surface area contributed by atoms with E-state index in [0.29, 0.717) is 6.61 Å². The molecule has 0 saturated heterocycles. The zero-order valence-electron chi connectivity index (χ0n) is 12.0. The zero-order chi connectivity index (χ0) is 13.6. The molecule has 106 valence electrons. The summed E-state index contributed by atoms with van der Waals surface area (Å²) < 4.78 is 10.5. The number of ether oxygens (including phenoxy) is 2. The second-order valence-electron chi connectivity index (χ2n) is 4.44. The maximum Gasteiger partial charge on any atom is 0.332 e. The van der Waals surface area contributed by atoms with E-state index in [1.54, 1.807) is 0 Å². The van der Waals surface area contributed by atoms with Crippen LogP contribution in [-0.4, -0.2) is 18.9 Å². The average molecular weight is 256 g/mol. The smallest absolute Gasteiger partial charge is 0.332 e. The lowest BCUT2D eigenvalue weighted by atomic mass is 10.1. The fourth-order valence-electron chi connectivity index (χ4n) is 1.81. The summed E-state index contributed by atoms with van der Waals surface area (Å²) in [5.74, 6) is -0.406. The maximum absolute atomic E-state index is 11.1. The Kier molecular flexibility index (Phi) is 12.0. The van der Waals surface area contributed by atoms with Gasteiger partial charge in [0.1, 0.15) is 0 Å². The van der Waals surface area contributed by atoms with Gasteiger partial charge < -0.3 is 9.47 Å². The Balaban J connectivity index is 3.57. The molecule has 0 spiro atoms. The van der Waals surface area contributed by atoms with E-state index >= 15 is 0 Å². The lowest BCUT2D eigenvalue weighted by Gasteiger charge is -2.16. The van der Waals surface area contributed by atoms with Gasteiger partial charge in [-0.25, -0.2) is 4.79 Å². The van der Waals surface area contributed by atoms with Crippen molar-refractivity contribution in [1.82, 2.24) is 0 Å². The van der Waals surface area contributed by atoms with Crippen molar-refractivity contribution in [2.75, 3.05) is 6.61 Å². The van der Waals surface area contributed by atoms with Crippen LogP contribution in [0.5, 0.6) is 0 Å². The van der Waals surface area contributed by atoms with Gasteiger partial charge in [0.15, 0.2) is 0 Å². The number of unbranched alkanes of at least 4 members (excludes halogenated alkanes) is 6. The van der Waals surface area contributed by atoms with Gasteiger partial charge in [-0.3, -0.25) is 0 Å². The molecule has 0 aromatic carbocycles. The molecule has 0 aliphatic rings. The lowest BCUT2D eigenvalue weighted by Crippen LogP contribution is -2.20. The molecule has 0 N–H and O–H groups in total. The van der Waals surface area contributed by atoms with E-state index < -0.39 is 12.3 Å². The summed E-state index contributed by atoms with van der Waals surface area (Å²) in [7, 11) is 0. The number of hydrogen-bond donors (Lipinski definition) is 0. The third-order valence-electron chi connectivity index (χ3n) is 2.81. The van der Waals surface area contributed by atoms with Crippen LogP contribution in [0.15, 0.2) is 12.7 Å². The number of carbonyl (C=O) groups excluding carboxylic acids is 1. The molecule has 0 saturated carbocycles. The minimum Gasteiger partial charge on any atom is -0.433 e. The molecule has 0 aromatic heterocycles. The van der Waals surface area contributed by atoms with Crippen molar-refractivity contribution < 1.29 is 14.3 Å². The Bertz CT molecular complexity index is 214. The monoisotopic (exact) mass is 256 g/mol. The van der Waals surface area contributed by atoms with Crippen LogP contribution in [0.4, 0.5) is 0 Å². The van der Waals surface area contributed by atoms with Crippen LogP contribution >= 0.6 is 0 Å². The SMILES string of the molecule is C=CC(=O)OC(CCCCCCCCC)OCC. The number of hydrogen-bond acceptors (Lipinski definition) is 3. The highest BCUT2D eigenvalue weighted by molar-refractivity contribution is 5.81. The summed E-state index contributed by atoms with van der Waals surface area (Å²) in [6.07, 6.45) is 10.3. The van der Waals surface area contributed by atoms with Crippen molar-refractivity contribution in [2.45, 2.75) is 71.5 Å². The van der Waals surface area contributed by atoms with Gasteiger partial charge >= 0.3 is 5.97 Å². The van der Waals surface area contributed by atoms with E-state index in [-0.39, 0.29) is 0 Å². The van der Waals surface area contributed by atoms with Crippen molar-refractivity contribution >= 4 is 5.97 Å². The molecule has 0 radical (unpaired) electrons. The van der Waals surface area contributed by atoms with Gasteiger partial charge in [-0.2, -0.15) is 0 Å². The Morgan fingerprint density at radius 2 is 1.72 bits per heavy atom. The quantitative estimate of drug-likeness (QED) is 0.227. The van der Waals surface area contributed by atoms with Crippen molar-refractivity contribution in [3.8, 4) is 0 Å². The van der Waals surface area contributed by atoms with E-state index in [1.165, 1.54) is 44.6 Å². The van der Waals surface area contributed by atoms with E-state index in [9.17, 15) is 4.79 Å². The normalized spacial score (nSPS) is 12.1. The van der Waals surface area contributed by atoms with Crippen molar-refractivity contribution in [3.05, 3.63) is 12.7 Å².